The molecular formula is C14H15ClN2. The first-order chi connectivity index (χ1) is 8.29. The third-order valence-corrected chi connectivity index (χ3v) is 3.04. The predicted octanol–water partition coefficient (Wildman–Crippen LogP) is 3.02. The second kappa shape index (κ2) is 5.80. The Kier molecular flexibility index (Phi) is 4.13. The summed E-state index contributed by atoms with van der Waals surface area (Å²) in [5, 5.41) is 0.757. The second-order valence-electron chi connectivity index (χ2n) is 4.05. The molecule has 3 heteroatoms. The van der Waals surface area contributed by atoms with Gasteiger partial charge in [-0.3, -0.25) is 4.98 Å². The van der Waals surface area contributed by atoms with Crippen LogP contribution in [0, 0.1) is 0 Å². The number of halogens is 1. The average Bonchev–Trinajstić information content (AvgIpc) is 2.37. The standard InChI is InChI=1S/C14H15ClN2/c15-14-5-1-4-12(8-14)13(9-16)7-11-3-2-6-17-10-11/h1-6,8,10,13H,7,9,16H2. The monoisotopic (exact) mass is 246 g/mol. The molecule has 1 atom stereocenters. The van der Waals surface area contributed by atoms with E-state index in [9.17, 15) is 0 Å². The van der Waals surface area contributed by atoms with Crippen LogP contribution in [-0.4, -0.2) is 11.5 Å². The van der Waals surface area contributed by atoms with Gasteiger partial charge < -0.3 is 5.73 Å². The van der Waals surface area contributed by atoms with Crippen LogP contribution < -0.4 is 5.73 Å². The molecule has 0 aliphatic carbocycles. The molecule has 0 amide bonds. The molecule has 0 aliphatic heterocycles. The van der Waals surface area contributed by atoms with Gasteiger partial charge in [0, 0.05) is 23.3 Å². The molecule has 17 heavy (non-hydrogen) atoms. The maximum Gasteiger partial charge on any atom is 0.0408 e. The summed E-state index contributed by atoms with van der Waals surface area (Å²) in [4.78, 5) is 4.12. The van der Waals surface area contributed by atoms with Gasteiger partial charge in [0.25, 0.3) is 0 Å². The Bertz CT molecular complexity index is 471. The minimum Gasteiger partial charge on any atom is -0.330 e. The molecule has 1 aromatic heterocycles. The van der Waals surface area contributed by atoms with E-state index in [1.165, 1.54) is 11.1 Å². The number of aromatic nitrogens is 1. The molecule has 2 aromatic rings. The second-order valence-corrected chi connectivity index (χ2v) is 4.49. The summed E-state index contributed by atoms with van der Waals surface area (Å²) in [5.41, 5.74) is 8.22. The summed E-state index contributed by atoms with van der Waals surface area (Å²) in [6.45, 7) is 0.606. The molecule has 2 rings (SSSR count). The summed E-state index contributed by atoms with van der Waals surface area (Å²) in [5.74, 6) is 0.290. The van der Waals surface area contributed by atoms with E-state index >= 15 is 0 Å². The molecule has 0 bridgehead atoms. The van der Waals surface area contributed by atoms with Crippen molar-refractivity contribution in [3.63, 3.8) is 0 Å². The van der Waals surface area contributed by atoms with E-state index in [2.05, 4.69) is 17.1 Å². The molecule has 0 saturated carbocycles. The fourth-order valence-electron chi connectivity index (χ4n) is 1.90. The van der Waals surface area contributed by atoms with Crippen molar-refractivity contribution in [1.29, 1.82) is 0 Å². The van der Waals surface area contributed by atoms with E-state index in [1.54, 1.807) is 6.20 Å². The lowest BCUT2D eigenvalue weighted by Gasteiger charge is -2.15. The molecule has 1 unspecified atom stereocenters. The first-order valence-electron chi connectivity index (χ1n) is 5.64. The number of hydrogen-bond acceptors (Lipinski definition) is 2. The lowest BCUT2D eigenvalue weighted by atomic mass is 9.93. The van der Waals surface area contributed by atoms with Crippen molar-refractivity contribution in [2.75, 3.05) is 6.54 Å². The van der Waals surface area contributed by atoms with Crippen LogP contribution in [0.25, 0.3) is 0 Å². The molecule has 1 heterocycles. The third kappa shape index (κ3) is 3.29. The number of hydrogen-bond donors (Lipinski definition) is 1. The lowest BCUT2D eigenvalue weighted by molar-refractivity contribution is 0.692. The van der Waals surface area contributed by atoms with Gasteiger partial charge in [0.2, 0.25) is 0 Å². The van der Waals surface area contributed by atoms with Crippen LogP contribution in [0.2, 0.25) is 5.02 Å². The zero-order valence-electron chi connectivity index (χ0n) is 9.51. The Morgan fingerprint density at radius 3 is 2.76 bits per heavy atom. The smallest absolute Gasteiger partial charge is 0.0408 e. The summed E-state index contributed by atoms with van der Waals surface area (Å²) in [6.07, 6.45) is 4.55. The molecule has 1 aromatic carbocycles. The fourth-order valence-corrected chi connectivity index (χ4v) is 2.10. The maximum absolute atomic E-state index is 6.00. The van der Waals surface area contributed by atoms with Crippen molar-refractivity contribution in [3.8, 4) is 0 Å². The minimum absolute atomic E-state index is 0.290. The molecule has 0 spiro atoms. The van der Waals surface area contributed by atoms with Gasteiger partial charge in [-0.1, -0.05) is 29.8 Å². The van der Waals surface area contributed by atoms with E-state index in [-0.39, 0.29) is 5.92 Å². The molecule has 2 N–H and O–H groups in total. The molecule has 88 valence electrons. The van der Waals surface area contributed by atoms with E-state index in [1.807, 2.05) is 30.5 Å². The van der Waals surface area contributed by atoms with Crippen LogP contribution in [0.5, 0.6) is 0 Å². The first-order valence-corrected chi connectivity index (χ1v) is 6.02. The Labute approximate surface area is 106 Å². The average molecular weight is 247 g/mol. The van der Waals surface area contributed by atoms with Crippen molar-refractivity contribution in [1.82, 2.24) is 4.98 Å². The van der Waals surface area contributed by atoms with Crippen LogP contribution in [0.3, 0.4) is 0 Å². The van der Waals surface area contributed by atoms with Gasteiger partial charge in [0.15, 0.2) is 0 Å². The topological polar surface area (TPSA) is 38.9 Å². The van der Waals surface area contributed by atoms with Gasteiger partial charge in [-0.05, 0) is 42.3 Å². The highest BCUT2D eigenvalue weighted by Gasteiger charge is 2.10. The van der Waals surface area contributed by atoms with Gasteiger partial charge in [-0.15, -0.1) is 0 Å². The third-order valence-electron chi connectivity index (χ3n) is 2.81. The van der Waals surface area contributed by atoms with Crippen LogP contribution in [0.1, 0.15) is 17.0 Å². The SMILES string of the molecule is NCC(Cc1cccnc1)c1cccc(Cl)c1. The molecule has 2 nitrogen and oxygen atoms in total. The van der Waals surface area contributed by atoms with Gasteiger partial charge >= 0.3 is 0 Å². The Balaban J connectivity index is 2.17. The highest BCUT2D eigenvalue weighted by molar-refractivity contribution is 6.30. The normalized spacial score (nSPS) is 12.4. The van der Waals surface area contributed by atoms with Gasteiger partial charge in [-0.2, -0.15) is 0 Å². The predicted molar refractivity (Wildman–Crippen MR) is 71.2 cm³/mol. The fraction of sp³-hybridized carbons (Fsp3) is 0.214. The zero-order valence-corrected chi connectivity index (χ0v) is 10.3. The largest absolute Gasteiger partial charge is 0.330 e. The Morgan fingerprint density at radius 2 is 2.12 bits per heavy atom. The van der Waals surface area contributed by atoms with Crippen molar-refractivity contribution in [2.45, 2.75) is 12.3 Å². The van der Waals surface area contributed by atoms with E-state index in [0.29, 0.717) is 6.54 Å². The number of pyridine rings is 1. The quantitative estimate of drug-likeness (QED) is 0.901. The zero-order chi connectivity index (χ0) is 12.1. The molecule has 0 fully saturated rings. The van der Waals surface area contributed by atoms with Gasteiger partial charge in [0.05, 0.1) is 0 Å². The van der Waals surface area contributed by atoms with Crippen LogP contribution in [-0.2, 0) is 6.42 Å². The summed E-state index contributed by atoms with van der Waals surface area (Å²) in [7, 11) is 0. The molecule has 0 saturated heterocycles. The summed E-state index contributed by atoms with van der Waals surface area (Å²) in [6, 6.07) is 11.9. The van der Waals surface area contributed by atoms with E-state index in [4.69, 9.17) is 17.3 Å². The summed E-state index contributed by atoms with van der Waals surface area (Å²) < 4.78 is 0. The molecule has 0 radical (unpaired) electrons. The Morgan fingerprint density at radius 1 is 1.24 bits per heavy atom. The minimum atomic E-state index is 0.290. The van der Waals surface area contributed by atoms with Gasteiger partial charge in [0.1, 0.15) is 0 Å². The van der Waals surface area contributed by atoms with Crippen molar-refractivity contribution < 1.29 is 0 Å². The molecule has 0 aliphatic rings. The number of nitrogens with zero attached hydrogens (tertiary/aromatic N) is 1. The number of benzene rings is 1. The maximum atomic E-state index is 6.00. The number of rotatable bonds is 4. The highest BCUT2D eigenvalue weighted by atomic mass is 35.5. The summed E-state index contributed by atoms with van der Waals surface area (Å²) >= 11 is 6.00. The lowest BCUT2D eigenvalue weighted by Crippen LogP contribution is -2.15. The number of nitrogens with two attached hydrogens (primary N) is 1. The first kappa shape index (κ1) is 12.1. The van der Waals surface area contributed by atoms with Crippen LogP contribution in [0.15, 0.2) is 48.8 Å². The van der Waals surface area contributed by atoms with Crippen LogP contribution in [0.4, 0.5) is 0 Å². The van der Waals surface area contributed by atoms with Crippen molar-refractivity contribution >= 4 is 11.6 Å². The highest BCUT2D eigenvalue weighted by Crippen LogP contribution is 2.22. The van der Waals surface area contributed by atoms with Crippen molar-refractivity contribution in [3.05, 3.63) is 64.9 Å². The molecular weight excluding hydrogens is 232 g/mol. The van der Waals surface area contributed by atoms with Crippen molar-refractivity contribution in [2.24, 2.45) is 5.73 Å². The van der Waals surface area contributed by atoms with E-state index < -0.39 is 0 Å². The van der Waals surface area contributed by atoms with E-state index in [0.717, 1.165) is 11.4 Å². The Hall–Kier alpha value is -1.38. The van der Waals surface area contributed by atoms with Gasteiger partial charge in [-0.25, -0.2) is 0 Å². The van der Waals surface area contributed by atoms with Crippen LogP contribution >= 0.6 is 11.6 Å².